The van der Waals surface area contributed by atoms with Crippen molar-refractivity contribution in [3.63, 3.8) is 0 Å². The standard InChI is InChI=1S/C35H33F4N5O3/c1-21(40-3)31(45)41-27-18-19-28(23-12-11-13-24(20-23)32(46)42(4)5)44(33(27)47)34(35(37,38)39,25-14-7-6-8-15-25)43-22(2)30(36)26-16-9-10-17-29(26)43/h6-21,40H,1-5H3,(H,41,45)/t21-,34-/m0/s1. The van der Waals surface area contributed by atoms with E-state index in [-0.39, 0.29) is 33.4 Å². The quantitative estimate of drug-likeness (QED) is 0.203. The van der Waals surface area contributed by atoms with Gasteiger partial charge in [-0.05, 0) is 62.9 Å². The number of carbonyl (C=O) groups is 2. The van der Waals surface area contributed by atoms with Crippen molar-refractivity contribution in [3.8, 4) is 11.3 Å². The van der Waals surface area contributed by atoms with E-state index in [1.807, 2.05) is 0 Å². The van der Waals surface area contributed by atoms with E-state index in [9.17, 15) is 14.4 Å². The van der Waals surface area contributed by atoms with Crippen molar-refractivity contribution in [3.05, 3.63) is 124 Å². The molecule has 2 aromatic heterocycles. The maximum absolute atomic E-state index is 16.5. The first-order chi connectivity index (χ1) is 22.2. The lowest BCUT2D eigenvalue weighted by molar-refractivity contribution is -0.209. The van der Waals surface area contributed by atoms with Gasteiger partial charge in [0.05, 0.1) is 22.9 Å². The van der Waals surface area contributed by atoms with Crippen LogP contribution in [0.15, 0.2) is 95.8 Å². The van der Waals surface area contributed by atoms with E-state index in [1.165, 1.54) is 131 Å². The van der Waals surface area contributed by atoms with Gasteiger partial charge in [0.15, 0.2) is 5.82 Å². The number of likely N-dealkylation sites (N-methyl/N-ethyl adjacent to an activating group) is 1. The molecular formula is C35H33F4N5O3. The van der Waals surface area contributed by atoms with Crippen LogP contribution in [0.25, 0.3) is 22.2 Å². The van der Waals surface area contributed by atoms with Crippen molar-refractivity contribution in [2.45, 2.75) is 31.7 Å². The molecule has 2 heterocycles. The first-order valence-electron chi connectivity index (χ1n) is 14.7. The fraction of sp³-hybridized carbons (Fsp3) is 0.229. The van der Waals surface area contributed by atoms with Gasteiger partial charge in [-0.25, -0.2) is 4.39 Å². The van der Waals surface area contributed by atoms with Gasteiger partial charge >= 0.3 is 6.18 Å². The molecule has 244 valence electrons. The lowest BCUT2D eigenvalue weighted by Crippen LogP contribution is -2.59. The Morgan fingerprint density at radius 2 is 1.53 bits per heavy atom. The number of anilines is 1. The second-order valence-corrected chi connectivity index (χ2v) is 11.3. The van der Waals surface area contributed by atoms with E-state index >= 15 is 17.6 Å². The number of hydrogen-bond donors (Lipinski definition) is 2. The second kappa shape index (κ2) is 12.5. The van der Waals surface area contributed by atoms with Crippen molar-refractivity contribution in [2.75, 3.05) is 26.5 Å². The highest BCUT2D eigenvalue weighted by Crippen LogP contribution is 2.48. The highest BCUT2D eigenvalue weighted by molar-refractivity contribution is 5.96. The smallest absolute Gasteiger partial charge is 0.345 e. The minimum Gasteiger partial charge on any atom is -0.345 e. The Bertz CT molecular complexity index is 2040. The van der Waals surface area contributed by atoms with Gasteiger partial charge in [0.1, 0.15) is 5.69 Å². The first kappa shape index (κ1) is 33.1. The minimum atomic E-state index is -5.30. The largest absolute Gasteiger partial charge is 0.436 e. The molecule has 0 unspecified atom stereocenters. The van der Waals surface area contributed by atoms with Crippen LogP contribution in [0, 0.1) is 12.7 Å². The zero-order valence-corrected chi connectivity index (χ0v) is 26.3. The molecule has 0 aliphatic carbocycles. The van der Waals surface area contributed by atoms with E-state index < -0.39 is 52.3 Å². The molecule has 0 aliphatic rings. The summed E-state index contributed by atoms with van der Waals surface area (Å²) in [5.74, 6) is -1.95. The summed E-state index contributed by atoms with van der Waals surface area (Å²) in [5, 5.41) is 5.12. The minimum absolute atomic E-state index is 0.0740. The number of nitrogens with zero attached hydrogens (tertiary/aromatic N) is 3. The molecule has 0 radical (unpaired) electrons. The molecule has 12 heteroatoms. The van der Waals surface area contributed by atoms with Crippen molar-refractivity contribution < 1.29 is 27.2 Å². The average Bonchev–Trinajstić information content (AvgIpc) is 3.31. The number of fused-ring (bicyclic) bond motifs is 1. The average molecular weight is 648 g/mol. The lowest BCUT2D eigenvalue weighted by Gasteiger charge is -2.42. The normalized spacial score (nSPS) is 13.6. The summed E-state index contributed by atoms with van der Waals surface area (Å²) in [6.07, 6.45) is -5.30. The van der Waals surface area contributed by atoms with Crippen molar-refractivity contribution in [2.24, 2.45) is 0 Å². The zero-order valence-electron chi connectivity index (χ0n) is 26.3. The molecule has 0 spiro atoms. The van der Waals surface area contributed by atoms with E-state index in [2.05, 4.69) is 10.6 Å². The molecule has 47 heavy (non-hydrogen) atoms. The summed E-state index contributed by atoms with van der Waals surface area (Å²) in [4.78, 5) is 41.8. The van der Waals surface area contributed by atoms with Crippen LogP contribution < -0.4 is 16.2 Å². The molecule has 0 fully saturated rings. The van der Waals surface area contributed by atoms with Gasteiger partial charge < -0.3 is 20.1 Å². The molecule has 8 nitrogen and oxygen atoms in total. The molecule has 5 aromatic rings. The number of para-hydroxylation sites is 1. The summed E-state index contributed by atoms with van der Waals surface area (Å²) in [5.41, 5.74) is -5.88. The number of benzene rings is 3. The number of pyridine rings is 1. The zero-order chi connectivity index (χ0) is 34.3. The molecule has 0 saturated heterocycles. The molecular weight excluding hydrogens is 614 g/mol. The molecule has 3 aromatic carbocycles. The van der Waals surface area contributed by atoms with Gasteiger partial charge in [-0.1, -0.05) is 54.6 Å². The maximum atomic E-state index is 16.5. The summed E-state index contributed by atoms with van der Waals surface area (Å²) >= 11 is 0. The lowest BCUT2D eigenvalue weighted by atomic mass is 9.94. The van der Waals surface area contributed by atoms with E-state index in [4.69, 9.17) is 0 Å². The topological polar surface area (TPSA) is 88.4 Å². The Morgan fingerprint density at radius 1 is 0.872 bits per heavy atom. The number of rotatable bonds is 8. The van der Waals surface area contributed by atoms with Gasteiger partial charge in [-0.2, -0.15) is 13.2 Å². The molecule has 5 rings (SSSR count). The van der Waals surface area contributed by atoms with E-state index in [0.717, 1.165) is 4.57 Å². The summed E-state index contributed by atoms with van der Waals surface area (Å²) in [6, 6.07) is 20.1. The van der Waals surface area contributed by atoms with Crippen molar-refractivity contribution in [1.82, 2.24) is 19.4 Å². The Balaban J connectivity index is 2.02. The van der Waals surface area contributed by atoms with Crippen molar-refractivity contribution in [1.29, 1.82) is 0 Å². The number of nitrogens with one attached hydrogen (secondary N) is 2. The molecule has 2 N–H and O–H groups in total. The Labute approximate surface area is 268 Å². The van der Waals surface area contributed by atoms with Crippen molar-refractivity contribution >= 4 is 28.4 Å². The summed E-state index contributed by atoms with van der Waals surface area (Å²) < 4.78 is 66.6. The van der Waals surface area contributed by atoms with Gasteiger partial charge in [0.2, 0.25) is 11.6 Å². The monoisotopic (exact) mass is 647 g/mol. The third-order valence-electron chi connectivity index (χ3n) is 8.23. The summed E-state index contributed by atoms with van der Waals surface area (Å²) in [6.45, 7) is 2.75. The molecule has 0 bridgehead atoms. The number of hydrogen-bond acceptors (Lipinski definition) is 4. The third kappa shape index (κ3) is 5.48. The van der Waals surface area contributed by atoms with Crippen LogP contribution >= 0.6 is 0 Å². The second-order valence-electron chi connectivity index (χ2n) is 11.3. The van der Waals surface area contributed by atoms with E-state index in [0.29, 0.717) is 4.57 Å². The van der Waals surface area contributed by atoms with Crippen LogP contribution in [0.2, 0.25) is 0 Å². The van der Waals surface area contributed by atoms with E-state index in [1.54, 1.807) is 0 Å². The SMILES string of the molecule is CN[C@@H](C)C(=O)Nc1ccc(-c2cccc(C(=O)N(C)C)c2)n([C@](c2ccccc2)(n2c(C)c(F)c3ccccc32)C(F)(F)F)c1=O. The third-order valence-corrected chi connectivity index (χ3v) is 8.23. The number of amides is 2. The van der Waals surface area contributed by atoms with Crippen LogP contribution in [0.1, 0.15) is 28.5 Å². The Hall–Kier alpha value is -5.23. The maximum Gasteiger partial charge on any atom is 0.436 e. The fourth-order valence-electron chi connectivity index (χ4n) is 5.81. The van der Waals surface area contributed by atoms with Crippen LogP contribution in [-0.4, -0.2) is 59.2 Å². The van der Waals surface area contributed by atoms with Crippen LogP contribution in [-0.2, 0) is 10.5 Å². The molecule has 2 atom stereocenters. The highest BCUT2D eigenvalue weighted by atomic mass is 19.4. The Morgan fingerprint density at radius 3 is 2.17 bits per heavy atom. The Kier molecular flexibility index (Phi) is 8.83. The molecule has 2 amide bonds. The fourth-order valence-corrected chi connectivity index (χ4v) is 5.81. The van der Waals surface area contributed by atoms with Crippen LogP contribution in [0.3, 0.4) is 0 Å². The predicted molar refractivity (Wildman–Crippen MR) is 173 cm³/mol. The van der Waals surface area contributed by atoms with Gasteiger partial charge in [0.25, 0.3) is 11.5 Å². The molecule has 0 saturated carbocycles. The highest BCUT2D eigenvalue weighted by Gasteiger charge is 2.62. The number of aromatic nitrogens is 2. The number of alkyl halides is 3. The van der Waals surface area contributed by atoms with Crippen LogP contribution in [0.4, 0.5) is 23.2 Å². The number of halogens is 4. The van der Waals surface area contributed by atoms with Gasteiger partial charge in [0, 0.05) is 30.6 Å². The first-order valence-corrected chi connectivity index (χ1v) is 14.7. The van der Waals surface area contributed by atoms with Crippen LogP contribution in [0.5, 0.6) is 0 Å². The summed E-state index contributed by atoms with van der Waals surface area (Å²) in [7, 11) is 4.59. The molecule has 0 aliphatic heterocycles. The predicted octanol–water partition coefficient (Wildman–Crippen LogP) is 5.98. The van der Waals surface area contributed by atoms with Gasteiger partial charge in [-0.3, -0.25) is 19.0 Å². The van der Waals surface area contributed by atoms with Gasteiger partial charge in [-0.15, -0.1) is 0 Å². The number of carbonyl (C=O) groups excluding carboxylic acids is 2.